The number of hydrogen-bond acceptors (Lipinski definition) is 2. The molecule has 0 spiro atoms. The molecule has 0 bridgehead atoms. The smallest absolute Gasteiger partial charge is 0.0632 e. The van der Waals surface area contributed by atoms with Crippen molar-refractivity contribution in [3.8, 4) is 0 Å². The van der Waals surface area contributed by atoms with E-state index in [4.69, 9.17) is 5.73 Å². The molecule has 0 fully saturated rings. The first-order chi connectivity index (χ1) is 6.03. The van der Waals surface area contributed by atoms with Crippen molar-refractivity contribution in [1.29, 1.82) is 0 Å². The highest BCUT2D eigenvalue weighted by atomic mass is 16.3. The van der Waals surface area contributed by atoms with Gasteiger partial charge in [0.15, 0.2) is 0 Å². The van der Waals surface area contributed by atoms with E-state index in [0.29, 0.717) is 13.0 Å². The van der Waals surface area contributed by atoms with Crippen molar-refractivity contribution in [3.63, 3.8) is 0 Å². The Kier molecular flexibility index (Phi) is 3.07. The summed E-state index contributed by atoms with van der Waals surface area (Å²) in [6.07, 6.45) is 0.653. The fraction of sp³-hybridized carbons (Fsp3) is 0.455. The van der Waals surface area contributed by atoms with Crippen LogP contribution in [0.4, 0.5) is 0 Å². The average Bonchev–Trinajstić information content (AvgIpc) is 2.02. The predicted octanol–water partition coefficient (Wildman–Crippen LogP) is 1.46. The minimum absolute atomic E-state index is 0.534. The Labute approximate surface area is 79.4 Å². The van der Waals surface area contributed by atoms with Crippen LogP contribution in [0.2, 0.25) is 0 Å². The van der Waals surface area contributed by atoms with Gasteiger partial charge in [0.1, 0.15) is 0 Å². The fourth-order valence-electron chi connectivity index (χ4n) is 1.40. The lowest BCUT2D eigenvalue weighted by Crippen LogP contribution is -2.23. The number of rotatable bonds is 3. The second-order valence-corrected chi connectivity index (χ2v) is 3.96. The van der Waals surface area contributed by atoms with E-state index in [1.807, 2.05) is 24.3 Å². The second kappa shape index (κ2) is 3.90. The van der Waals surface area contributed by atoms with Gasteiger partial charge in [0.05, 0.1) is 5.60 Å². The van der Waals surface area contributed by atoms with Crippen LogP contribution >= 0.6 is 0 Å². The van der Waals surface area contributed by atoms with Crippen LogP contribution in [0.15, 0.2) is 24.3 Å². The molecule has 0 heterocycles. The average molecular weight is 179 g/mol. The molecule has 0 saturated carbocycles. The van der Waals surface area contributed by atoms with Gasteiger partial charge in [-0.1, -0.05) is 24.3 Å². The van der Waals surface area contributed by atoms with Gasteiger partial charge in [0.2, 0.25) is 0 Å². The van der Waals surface area contributed by atoms with E-state index in [1.165, 1.54) is 0 Å². The van der Waals surface area contributed by atoms with Gasteiger partial charge in [-0.15, -0.1) is 0 Å². The van der Waals surface area contributed by atoms with Crippen LogP contribution in [0.5, 0.6) is 0 Å². The molecule has 1 aromatic carbocycles. The van der Waals surface area contributed by atoms with Crippen LogP contribution in [0.1, 0.15) is 25.0 Å². The van der Waals surface area contributed by atoms with E-state index < -0.39 is 5.60 Å². The van der Waals surface area contributed by atoms with Crippen LogP contribution in [-0.2, 0) is 13.0 Å². The molecule has 0 radical (unpaired) electrons. The van der Waals surface area contributed by atoms with E-state index >= 15 is 0 Å². The molecule has 13 heavy (non-hydrogen) atoms. The third-order valence-electron chi connectivity index (χ3n) is 1.96. The van der Waals surface area contributed by atoms with Gasteiger partial charge in [-0.2, -0.15) is 0 Å². The summed E-state index contributed by atoms with van der Waals surface area (Å²) in [5.74, 6) is 0. The minimum atomic E-state index is -0.661. The molecular weight excluding hydrogens is 162 g/mol. The third kappa shape index (κ3) is 3.17. The fourth-order valence-corrected chi connectivity index (χ4v) is 1.40. The van der Waals surface area contributed by atoms with Gasteiger partial charge in [-0.25, -0.2) is 0 Å². The summed E-state index contributed by atoms with van der Waals surface area (Å²) in [6, 6.07) is 7.96. The van der Waals surface area contributed by atoms with Gasteiger partial charge in [-0.05, 0) is 25.0 Å². The molecule has 0 atom stereocenters. The number of nitrogens with two attached hydrogens (primary N) is 1. The Morgan fingerprint density at radius 2 is 1.77 bits per heavy atom. The largest absolute Gasteiger partial charge is 0.390 e. The summed E-state index contributed by atoms with van der Waals surface area (Å²) >= 11 is 0. The molecule has 2 nitrogen and oxygen atoms in total. The molecule has 0 aliphatic carbocycles. The summed E-state index contributed by atoms with van der Waals surface area (Å²) in [5.41, 5.74) is 7.18. The molecule has 0 amide bonds. The monoisotopic (exact) mass is 179 g/mol. The van der Waals surface area contributed by atoms with Crippen LogP contribution in [0.3, 0.4) is 0 Å². The Hall–Kier alpha value is -0.860. The molecule has 3 N–H and O–H groups in total. The first kappa shape index (κ1) is 10.2. The molecular formula is C11H17NO. The molecule has 1 aromatic rings. The first-order valence-electron chi connectivity index (χ1n) is 4.52. The SMILES string of the molecule is CC(C)(O)Cc1ccccc1CN. The maximum absolute atomic E-state index is 9.65. The van der Waals surface area contributed by atoms with Crippen molar-refractivity contribution in [1.82, 2.24) is 0 Å². The van der Waals surface area contributed by atoms with Crippen LogP contribution < -0.4 is 5.73 Å². The number of hydrogen-bond donors (Lipinski definition) is 2. The highest BCUT2D eigenvalue weighted by Crippen LogP contribution is 2.15. The zero-order valence-electron chi connectivity index (χ0n) is 8.25. The highest BCUT2D eigenvalue weighted by Gasteiger charge is 2.14. The van der Waals surface area contributed by atoms with Gasteiger partial charge in [0.25, 0.3) is 0 Å². The molecule has 0 aliphatic rings. The predicted molar refractivity (Wildman–Crippen MR) is 54.3 cm³/mol. The Morgan fingerprint density at radius 1 is 1.23 bits per heavy atom. The maximum Gasteiger partial charge on any atom is 0.0632 e. The molecule has 2 heteroatoms. The van der Waals surface area contributed by atoms with Crippen molar-refractivity contribution >= 4 is 0 Å². The van der Waals surface area contributed by atoms with Crippen molar-refractivity contribution in [2.45, 2.75) is 32.4 Å². The van der Waals surface area contributed by atoms with Crippen LogP contribution in [0, 0.1) is 0 Å². The normalized spacial score (nSPS) is 11.7. The van der Waals surface area contributed by atoms with Gasteiger partial charge >= 0.3 is 0 Å². The van der Waals surface area contributed by atoms with Gasteiger partial charge in [-0.3, -0.25) is 0 Å². The highest BCUT2D eigenvalue weighted by molar-refractivity contribution is 5.28. The second-order valence-electron chi connectivity index (χ2n) is 3.96. The molecule has 0 aromatic heterocycles. The molecule has 0 saturated heterocycles. The summed E-state index contributed by atoms with van der Waals surface area (Å²) in [4.78, 5) is 0. The lowest BCUT2D eigenvalue weighted by molar-refractivity contribution is 0.0808. The summed E-state index contributed by atoms with van der Waals surface area (Å²) in [6.45, 7) is 4.15. The summed E-state index contributed by atoms with van der Waals surface area (Å²) in [5, 5.41) is 9.65. The maximum atomic E-state index is 9.65. The number of benzene rings is 1. The summed E-state index contributed by atoms with van der Waals surface area (Å²) in [7, 11) is 0. The topological polar surface area (TPSA) is 46.2 Å². The van der Waals surface area contributed by atoms with Crippen LogP contribution in [-0.4, -0.2) is 10.7 Å². The van der Waals surface area contributed by atoms with Crippen molar-refractivity contribution in [2.75, 3.05) is 0 Å². The summed E-state index contributed by atoms with van der Waals surface area (Å²) < 4.78 is 0. The first-order valence-corrected chi connectivity index (χ1v) is 4.52. The van der Waals surface area contributed by atoms with Crippen molar-refractivity contribution in [3.05, 3.63) is 35.4 Å². The van der Waals surface area contributed by atoms with E-state index in [-0.39, 0.29) is 0 Å². The van der Waals surface area contributed by atoms with Crippen molar-refractivity contribution in [2.24, 2.45) is 5.73 Å². The standard InChI is InChI=1S/C11H17NO/c1-11(2,13)7-9-5-3-4-6-10(9)8-12/h3-6,13H,7-8,12H2,1-2H3. The molecule has 0 unspecified atom stereocenters. The molecule has 0 aliphatic heterocycles. The molecule has 1 rings (SSSR count). The zero-order valence-corrected chi connectivity index (χ0v) is 8.25. The molecule has 72 valence electrons. The van der Waals surface area contributed by atoms with Gasteiger partial charge < -0.3 is 10.8 Å². The minimum Gasteiger partial charge on any atom is -0.390 e. The van der Waals surface area contributed by atoms with E-state index in [2.05, 4.69) is 0 Å². The van der Waals surface area contributed by atoms with E-state index in [0.717, 1.165) is 11.1 Å². The Balaban J connectivity index is 2.87. The number of aliphatic hydroxyl groups is 1. The van der Waals surface area contributed by atoms with Crippen molar-refractivity contribution < 1.29 is 5.11 Å². The zero-order chi connectivity index (χ0) is 9.90. The lowest BCUT2D eigenvalue weighted by Gasteiger charge is -2.18. The Bertz CT molecular complexity index is 276. The lowest BCUT2D eigenvalue weighted by atomic mass is 9.95. The van der Waals surface area contributed by atoms with E-state index in [1.54, 1.807) is 13.8 Å². The van der Waals surface area contributed by atoms with Crippen LogP contribution in [0.25, 0.3) is 0 Å². The quantitative estimate of drug-likeness (QED) is 0.738. The Morgan fingerprint density at radius 3 is 2.23 bits per heavy atom. The van der Waals surface area contributed by atoms with E-state index in [9.17, 15) is 5.11 Å². The van der Waals surface area contributed by atoms with Gasteiger partial charge in [0, 0.05) is 13.0 Å². The third-order valence-corrected chi connectivity index (χ3v) is 1.96.